The van der Waals surface area contributed by atoms with E-state index in [0.717, 1.165) is 0 Å². The third kappa shape index (κ3) is 3.92. The fraction of sp³-hybridized carbons (Fsp3) is 1.00. The highest BCUT2D eigenvalue weighted by Gasteiger charge is 1.85. The SMILES string of the molecule is CCC([N])O. The van der Waals surface area contributed by atoms with Crippen LogP contribution in [0.25, 0.3) is 0 Å². The number of aliphatic hydroxyl groups is 1. The fourth-order valence-electron chi connectivity index (χ4n) is 0. The second-order valence-corrected chi connectivity index (χ2v) is 0.889. The molecule has 1 N–H and O–H groups in total. The lowest BCUT2D eigenvalue weighted by Crippen LogP contribution is -2.02. The van der Waals surface area contributed by atoms with E-state index in [4.69, 9.17) is 10.8 Å². The Labute approximate surface area is 31.6 Å². The molecule has 0 aliphatic rings. The summed E-state index contributed by atoms with van der Waals surface area (Å²) in [4.78, 5) is 0. The number of hydrogen-bond donors (Lipinski definition) is 1. The minimum absolute atomic E-state index is 0.417. The molecule has 0 aliphatic heterocycles. The van der Waals surface area contributed by atoms with Crippen LogP contribution in [0.4, 0.5) is 0 Å². The Morgan fingerprint density at radius 1 is 2.00 bits per heavy atom. The maximum absolute atomic E-state index is 7.92. The van der Waals surface area contributed by atoms with Gasteiger partial charge in [0.25, 0.3) is 0 Å². The standard InChI is InChI=1S/C3H7NO/c1-2-3(4)5/h3,5H,2H2,1H3. The molecule has 1 unspecified atom stereocenters. The van der Waals surface area contributed by atoms with Crippen molar-refractivity contribution < 1.29 is 5.11 Å². The summed E-state index contributed by atoms with van der Waals surface area (Å²) in [5.74, 6) is 0. The smallest absolute Gasteiger partial charge is 0.137 e. The normalized spacial score (nSPS) is 15.0. The van der Waals surface area contributed by atoms with Gasteiger partial charge in [0.2, 0.25) is 0 Å². The Bertz CT molecular complexity index is 20.9. The molecular formula is C3H7NO. The van der Waals surface area contributed by atoms with E-state index in [-0.39, 0.29) is 0 Å². The summed E-state index contributed by atoms with van der Waals surface area (Å²) in [6.07, 6.45) is -0.699. The second kappa shape index (κ2) is 2.18. The lowest BCUT2D eigenvalue weighted by atomic mass is 10.5. The minimum atomic E-state index is -1.12. The molecule has 2 nitrogen and oxygen atoms in total. The van der Waals surface area contributed by atoms with Crippen molar-refractivity contribution >= 4 is 0 Å². The van der Waals surface area contributed by atoms with Crippen molar-refractivity contribution in [2.24, 2.45) is 0 Å². The molecular weight excluding hydrogens is 66.0 g/mol. The Hall–Kier alpha value is -0.0800. The minimum Gasteiger partial charge on any atom is -0.376 e. The van der Waals surface area contributed by atoms with E-state index >= 15 is 0 Å². The lowest BCUT2D eigenvalue weighted by Gasteiger charge is -1.87. The average Bonchev–Trinajstić information content (AvgIpc) is 1.38. The zero-order chi connectivity index (χ0) is 4.28. The van der Waals surface area contributed by atoms with Gasteiger partial charge in [-0.2, -0.15) is 0 Å². The van der Waals surface area contributed by atoms with Crippen LogP contribution < -0.4 is 5.73 Å². The predicted octanol–water partition coefficient (Wildman–Crippen LogP) is -0.217. The summed E-state index contributed by atoms with van der Waals surface area (Å²) in [5.41, 5.74) is 7.92. The zero-order valence-electron chi connectivity index (χ0n) is 3.18. The first kappa shape index (κ1) is 4.92. The van der Waals surface area contributed by atoms with Gasteiger partial charge in [0.15, 0.2) is 0 Å². The number of rotatable bonds is 1. The molecule has 0 spiro atoms. The van der Waals surface area contributed by atoms with Crippen LogP contribution in [-0.2, 0) is 0 Å². The summed E-state index contributed by atoms with van der Waals surface area (Å²) in [6.45, 7) is 1.70. The van der Waals surface area contributed by atoms with Crippen LogP contribution in [0, 0.1) is 0 Å². The molecule has 5 heavy (non-hydrogen) atoms. The van der Waals surface area contributed by atoms with Gasteiger partial charge >= 0.3 is 0 Å². The van der Waals surface area contributed by atoms with Crippen molar-refractivity contribution in [2.45, 2.75) is 19.6 Å². The highest BCUT2D eigenvalue weighted by Crippen LogP contribution is 1.75. The first-order valence-electron chi connectivity index (χ1n) is 1.63. The van der Waals surface area contributed by atoms with E-state index in [9.17, 15) is 0 Å². The van der Waals surface area contributed by atoms with Crippen LogP contribution in [0.2, 0.25) is 0 Å². The van der Waals surface area contributed by atoms with Crippen molar-refractivity contribution in [3.63, 3.8) is 0 Å². The van der Waals surface area contributed by atoms with Gasteiger partial charge in [-0.15, -0.1) is 5.73 Å². The van der Waals surface area contributed by atoms with Gasteiger partial charge in [-0.25, -0.2) is 0 Å². The molecule has 2 heteroatoms. The number of aliphatic hydroxyl groups excluding tert-OH is 1. The fourth-order valence-corrected chi connectivity index (χ4v) is 0. The average molecular weight is 73.1 g/mol. The lowest BCUT2D eigenvalue weighted by molar-refractivity contribution is 0.170. The van der Waals surface area contributed by atoms with E-state index in [1.54, 1.807) is 6.92 Å². The van der Waals surface area contributed by atoms with Crippen LogP contribution in [0.1, 0.15) is 13.3 Å². The molecule has 1 atom stereocenters. The molecule has 0 saturated carbocycles. The summed E-state index contributed by atoms with van der Waals surface area (Å²) in [6, 6.07) is 0. The van der Waals surface area contributed by atoms with Crippen LogP contribution >= 0.6 is 0 Å². The monoisotopic (exact) mass is 73.1 g/mol. The number of nitrogens with zero attached hydrogens (tertiary/aromatic N) is 1. The molecule has 0 amide bonds. The Kier molecular flexibility index (Phi) is 2.14. The first-order valence-corrected chi connectivity index (χ1v) is 1.63. The maximum Gasteiger partial charge on any atom is 0.137 e. The highest BCUT2D eigenvalue weighted by atomic mass is 16.3. The molecule has 0 fully saturated rings. The quantitative estimate of drug-likeness (QED) is 0.458. The molecule has 0 aromatic carbocycles. The van der Waals surface area contributed by atoms with Crippen molar-refractivity contribution in [2.75, 3.05) is 0 Å². The largest absolute Gasteiger partial charge is 0.376 e. The summed E-state index contributed by atoms with van der Waals surface area (Å²) >= 11 is 0. The van der Waals surface area contributed by atoms with E-state index in [0.29, 0.717) is 6.42 Å². The van der Waals surface area contributed by atoms with Crippen molar-refractivity contribution in [1.29, 1.82) is 0 Å². The predicted molar refractivity (Wildman–Crippen MR) is 18.4 cm³/mol. The molecule has 2 radical (unpaired) electrons. The van der Waals surface area contributed by atoms with E-state index < -0.39 is 6.23 Å². The number of hydrogen-bond acceptors (Lipinski definition) is 1. The molecule has 0 rings (SSSR count). The molecule has 0 bridgehead atoms. The van der Waals surface area contributed by atoms with Crippen LogP contribution in [0.3, 0.4) is 0 Å². The molecule has 0 heterocycles. The molecule has 0 aromatic rings. The Morgan fingerprint density at radius 3 is 2.20 bits per heavy atom. The molecule has 0 aromatic heterocycles. The molecule has 30 valence electrons. The van der Waals surface area contributed by atoms with Crippen molar-refractivity contribution in [1.82, 2.24) is 5.73 Å². The second-order valence-electron chi connectivity index (χ2n) is 0.889. The highest BCUT2D eigenvalue weighted by molar-refractivity contribution is 4.30. The van der Waals surface area contributed by atoms with Gasteiger partial charge in [-0.05, 0) is 6.42 Å². The van der Waals surface area contributed by atoms with Crippen LogP contribution in [0.5, 0.6) is 0 Å². The van der Waals surface area contributed by atoms with Gasteiger partial charge in [0, 0.05) is 0 Å². The van der Waals surface area contributed by atoms with Gasteiger partial charge < -0.3 is 5.11 Å². The molecule has 0 aliphatic carbocycles. The van der Waals surface area contributed by atoms with Gasteiger partial charge in [-0.3, -0.25) is 0 Å². The van der Waals surface area contributed by atoms with Crippen molar-refractivity contribution in [3.8, 4) is 0 Å². The van der Waals surface area contributed by atoms with E-state index in [1.165, 1.54) is 0 Å². The van der Waals surface area contributed by atoms with E-state index in [2.05, 4.69) is 0 Å². The summed E-state index contributed by atoms with van der Waals surface area (Å²) in [7, 11) is 0. The van der Waals surface area contributed by atoms with Crippen LogP contribution in [-0.4, -0.2) is 11.3 Å². The van der Waals surface area contributed by atoms with Gasteiger partial charge in [0.1, 0.15) is 6.23 Å². The van der Waals surface area contributed by atoms with Gasteiger partial charge in [0.05, 0.1) is 0 Å². The first-order chi connectivity index (χ1) is 2.27. The van der Waals surface area contributed by atoms with E-state index in [1.807, 2.05) is 0 Å². The topological polar surface area (TPSA) is 42.5 Å². The van der Waals surface area contributed by atoms with Crippen LogP contribution in [0.15, 0.2) is 0 Å². The third-order valence-electron chi connectivity index (χ3n) is 0.365. The maximum atomic E-state index is 7.92. The summed E-state index contributed by atoms with van der Waals surface area (Å²) < 4.78 is 0. The molecule has 0 saturated heterocycles. The zero-order valence-corrected chi connectivity index (χ0v) is 3.18. The summed E-state index contributed by atoms with van der Waals surface area (Å²) in [5, 5.41) is 7.92. The van der Waals surface area contributed by atoms with Gasteiger partial charge in [-0.1, -0.05) is 6.92 Å². The third-order valence-corrected chi connectivity index (χ3v) is 0.365. The Balaban J connectivity index is 2.54. The Morgan fingerprint density at radius 2 is 2.20 bits per heavy atom. The van der Waals surface area contributed by atoms with Crippen molar-refractivity contribution in [3.05, 3.63) is 0 Å².